The monoisotopic (exact) mass is 388 g/mol. The summed E-state index contributed by atoms with van der Waals surface area (Å²) in [7, 11) is -4.49. The van der Waals surface area contributed by atoms with Gasteiger partial charge in [0.05, 0.1) is 0 Å². The van der Waals surface area contributed by atoms with Gasteiger partial charge in [0.15, 0.2) is 0 Å². The van der Waals surface area contributed by atoms with Gasteiger partial charge in [-0.15, -0.1) is 5.75 Å². The van der Waals surface area contributed by atoms with Crippen molar-refractivity contribution >= 4 is 10.1 Å². The Morgan fingerprint density at radius 1 is 1.08 bits per heavy atom. The topological polar surface area (TPSA) is 86.7 Å². The van der Waals surface area contributed by atoms with Crippen molar-refractivity contribution in [1.82, 2.24) is 0 Å². The number of aryl methyl sites for hydroxylation is 1. The van der Waals surface area contributed by atoms with Crippen molar-refractivity contribution in [3.8, 4) is 17.2 Å². The second-order valence-electron chi connectivity index (χ2n) is 5.61. The Morgan fingerprint density at radius 2 is 1.76 bits per heavy atom. The van der Waals surface area contributed by atoms with Gasteiger partial charge in [-0.25, -0.2) is 0 Å². The third kappa shape index (κ3) is 7.01. The van der Waals surface area contributed by atoms with E-state index in [0.29, 0.717) is 17.7 Å². The fourth-order valence-electron chi connectivity index (χ4n) is 2.42. The van der Waals surface area contributed by atoms with Crippen LogP contribution in [0, 0.1) is 0 Å². The molecule has 0 heterocycles. The second kappa shape index (κ2) is 10.7. The van der Waals surface area contributed by atoms with Gasteiger partial charge in [-0.3, -0.25) is 4.55 Å². The molecule has 0 aliphatic carbocycles. The summed E-state index contributed by atoms with van der Waals surface area (Å²) >= 11 is 0. The van der Waals surface area contributed by atoms with Crippen molar-refractivity contribution in [2.45, 2.75) is 43.9 Å². The number of hydrogen-bond donors (Lipinski definition) is 1. The molecule has 2 aromatic carbocycles. The van der Waals surface area contributed by atoms with Crippen LogP contribution in [0.15, 0.2) is 47.4 Å². The van der Waals surface area contributed by atoms with Crippen LogP contribution in [-0.2, 0) is 16.5 Å². The molecule has 0 aliphatic heterocycles. The molecule has 1 N–H and O–H groups in total. The van der Waals surface area contributed by atoms with E-state index in [1.165, 1.54) is 6.07 Å². The van der Waals surface area contributed by atoms with E-state index < -0.39 is 10.1 Å². The molecule has 0 bridgehead atoms. The summed E-state index contributed by atoms with van der Waals surface area (Å²) in [6.45, 7) is 2.09. The molecule has 0 fully saturated rings. The zero-order valence-electron chi connectivity index (χ0n) is 14.6. The molecular weight excluding hydrogens is 367 g/mol. The van der Waals surface area contributed by atoms with Crippen LogP contribution in [0.3, 0.4) is 0 Å². The van der Waals surface area contributed by atoms with E-state index in [0.717, 1.165) is 31.7 Å². The molecule has 130 valence electrons. The summed E-state index contributed by atoms with van der Waals surface area (Å²) in [5, 5.41) is 12.2. The normalized spacial score (nSPS) is 11.0. The van der Waals surface area contributed by atoms with Crippen molar-refractivity contribution in [1.29, 1.82) is 0 Å². The van der Waals surface area contributed by atoms with E-state index in [4.69, 9.17) is 4.74 Å². The predicted octanol–water partition coefficient (Wildman–Crippen LogP) is 0.926. The number of hydrogen-bond acceptors (Lipinski definition) is 4. The number of ether oxygens (including phenoxy) is 1. The maximum absolute atomic E-state index is 12.2. The van der Waals surface area contributed by atoms with Gasteiger partial charge < -0.3 is 9.84 Å². The summed E-state index contributed by atoms with van der Waals surface area (Å²) in [5.74, 6) is -0.0617. The smallest absolute Gasteiger partial charge is 0.872 e. The van der Waals surface area contributed by atoms with Crippen LogP contribution in [-0.4, -0.2) is 13.0 Å². The first-order chi connectivity index (χ1) is 11.4. The minimum atomic E-state index is -4.49. The molecule has 0 radical (unpaired) electrons. The van der Waals surface area contributed by atoms with Crippen LogP contribution >= 0.6 is 0 Å². The Bertz CT molecular complexity index is 776. The number of rotatable bonds is 8. The zero-order chi connectivity index (χ0) is 17.6. The van der Waals surface area contributed by atoms with E-state index in [9.17, 15) is 18.1 Å². The largest absolute Gasteiger partial charge is 1.00 e. The molecule has 0 spiro atoms. The third-order valence-electron chi connectivity index (χ3n) is 3.68. The predicted molar refractivity (Wildman–Crippen MR) is 90.1 cm³/mol. The third-order valence-corrected chi connectivity index (χ3v) is 4.55. The van der Waals surface area contributed by atoms with Crippen LogP contribution in [0.4, 0.5) is 0 Å². The van der Waals surface area contributed by atoms with Crippen LogP contribution in [0.25, 0.3) is 0 Å². The van der Waals surface area contributed by atoms with Gasteiger partial charge in [-0.2, -0.15) is 8.42 Å². The molecule has 0 atom stereocenters. The summed E-state index contributed by atoms with van der Waals surface area (Å²) in [6.07, 6.45) is 4.39. The van der Waals surface area contributed by atoms with E-state index in [-0.39, 0.29) is 67.8 Å². The molecule has 0 amide bonds. The molecule has 25 heavy (non-hydrogen) atoms. The van der Waals surface area contributed by atoms with E-state index in [1.54, 1.807) is 30.3 Å². The van der Waals surface area contributed by atoms with Crippen molar-refractivity contribution in [2.24, 2.45) is 0 Å². The van der Waals surface area contributed by atoms with E-state index in [2.05, 4.69) is 6.92 Å². The van der Waals surface area contributed by atoms with Gasteiger partial charge in [-0.1, -0.05) is 49.9 Å². The maximum atomic E-state index is 12.2. The second-order valence-corrected chi connectivity index (χ2v) is 7.00. The van der Waals surface area contributed by atoms with Gasteiger partial charge in [0.1, 0.15) is 16.4 Å². The Balaban J connectivity index is 0.00000312. The van der Waals surface area contributed by atoms with Crippen molar-refractivity contribution in [3.63, 3.8) is 0 Å². The first kappa shape index (κ1) is 22.6. The molecule has 5 nitrogen and oxygen atoms in total. The number of benzene rings is 2. The van der Waals surface area contributed by atoms with Gasteiger partial charge >= 0.3 is 51.4 Å². The zero-order valence-corrected chi connectivity index (χ0v) is 18.5. The molecule has 0 unspecified atom stereocenters. The first-order valence-corrected chi connectivity index (χ1v) is 9.40. The standard InChI is InChI=1S/C18H22O5S.K/c1-2-3-4-6-9-14-12-18(24(20,21)22)17(13-16(14)19)23-15-10-7-5-8-11-15;/h5,7-8,10-13,19H,2-4,6,9H2,1H3,(H,20,21,22);/q;+1/p-1. The Hall–Kier alpha value is -0.414. The van der Waals surface area contributed by atoms with Crippen molar-refractivity contribution in [2.75, 3.05) is 0 Å². The summed E-state index contributed by atoms with van der Waals surface area (Å²) < 4.78 is 38.3. The average molecular weight is 389 g/mol. The molecule has 0 saturated heterocycles. The minimum absolute atomic E-state index is 0. The van der Waals surface area contributed by atoms with Crippen LogP contribution in [0.1, 0.15) is 38.2 Å². The summed E-state index contributed by atoms with van der Waals surface area (Å²) in [4.78, 5) is -0.378. The fourth-order valence-corrected chi connectivity index (χ4v) is 3.06. The molecule has 2 rings (SSSR count). The quantitative estimate of drug-likeness (QED) is 0.413. The van der Waals surface area contributed by atoms with Gasteiger partial charge in [0.25, 0.3) is 10.1 Å². The van der Waals surface area contributed by atoms with Gasteiger partial charge in [-0.05, 0) is 37.1 Å². The van der Waals surface area contributed by atoms with E-state index >= 15 is 0 Å². The van der Waals surface area contributed by atoms with Gasteiger partial charge in [0.2, 0.25) is 0 Å². The summed E-state index contributed by atoms with van der Waals surface area (Å²) in [5.41, 5.74) is 0.374. The van der Waals surface area contributed by atoms with Crippen molar-refractivity contribution in [3.05, 3.63) is 48.0 Å². The van der Waals surface area contributed by atoms with Crippen molar-refractivity contribution < 1.29 is 74.2 Å². The Labute approximate surface area is 191 Å². The molecular formula is C18H21KO5S. The Kier molecular flexibility index (Phi) is 9.65. The van der Waals surface area contributed by atoms with Crippen LogP contribution in [0.5, 0.6) is 17.2 Å². The van der Waals surface area contributed by atoms with E-state index in [1.807, 2.05) is 0 Å². The molecule has 2 aromatic rings. The SMILES string of the molecule is CCCCCCc1cc(S(=O)(=O)O)c(Oc2ccccc2)cc1[O-].[K+]. The molecule has 0 aromatic heterocycles. The molecule has 7 heteroatoms. The minimum Gasteiger partial charge on any atom is -0.872 e. The Morgan fingerprint density at radius 3 is 2.36 bits per heavy atom. The van der Waals surface area contributed by atoms with Crippen LogP contribution < -0.4 is 61.2 Å². The maximum Gasteiger partial charge on any atom is 1.00 e. The number of para-hydroxylation sites is 1. The fraction of sp³-hybridized carbons (Fsp3) is 0.333. The average Bonchev–Trinajstić information content (AvgIpc) is 2.53. The number of unbranched alkanes of at least 4 members (excludes halogenated alkanes) is 3. The molecule has 0 saturated carbocycles. The van der Waals surface area contributed by atoms with Crippen LogP contribution in [0.2, 0.25) is 0 Å². The first-order valence-electron chi connectivity index (χ1n) is 7.96. The summed E-state index contributed by atoms with van der Waals surface area (Å²) in [6, 6.07) is 10.9. The van der Waals surface area contributed by atoms with Gasteiger partial charge in [0, 0.05) is 0 Å². The molecule has 0 aliphatic rings.